The molecule has 1 aromatic carbocycles. The Kier molecular flexibility index (Phi) is 5.22. The average Bonchev–Trinajstić information content (AvgIpc) is 2.77. The molecule has 1 saturated heterocycles. The molecule has 0 N–H and O–H groups in total. The van der Waals surface area contributed by atoms with Gasteiger partial charge >= 0.3 is 0 Å². The van der Waals surface area contributed by atoms with E-state index in [1.807, 2.05) is 0 Å². The van der Waals surface area contributed by atoms with Gasteiger partial charge in [0.15, 0.2) is 9.84 Å². The van der Waals surface area contributed by atoms with E-state index in [2.05, 4.69) is 22.5 Å². The van der Waals surface area contributed by atoms with Gasteiger partial charge in [-0.2, -0.15) is 0 Å². The summed E-state index contributed by atoms with van der Waals surface area (Å²) in [6.07, 6.45) is 1.66. The molecular weight excluding hydrogens is 354 g/mol. The summed E-state index contributed by atoms with van der Waals surface area (Å²) in [7, 11) is -3.45. The number of alkyl halides is 1. The third-order valence-corrected chi connectivity index (χ3v) is 6.32. The van der Waals surface area contributed by atoms with Crippen molar-refractivity contribution in [3.8, 4) is 0 Å². The minimum absolute atomic E-state index is 0.0101. The molecule has 0 aliphatic carbocycles. The molecule has 1 aliphatic rings. The van der Waals surface area contributed by atoms with Crippen LogP contribution < -0.4 is 0 Å². The van der Waals surface area contributed by atoms with Gasteiger partial charge in [0.2, 0.25) is 5.91 Å². The highest BCUT2D eigenvalue weighted by atomic mass is 79.9. The SMILES string of the molecule is C=CCN1C[C@H](CBr)[C@H](CS(=O)(=O)c2ccccc2)C1=O. The first-order valence-electron chi connectivity index (χ1n) is 6.73. The van der Waals surface area contributed by atoms with Crippen molar-refractivity contribution in [2.45, 2.75) is 4.90 Å². The van der Waals surface area contributed by atoms with Gasteiger partial charge in [-0.1, -0.05) is 40.2 Å². The molecule has 114 valence electrons. The molecule has 0 saturated carbocycles. The van der Waals surface area contributed by atoms with Gasteiger partial charge in [-0.3, -0.25) is 4.79 Å². The highest BCUT2D eigenvalue weighted by molar-refractivity contribution is 9.09. The number of hydrogen-bond acceptors (Lipinski definition) is 3. The smallest absolute Gasteiger partial charge is 0.227 e. The zero-order chi connectivity index (χ0) is 15.5. The van der Waals surface area contributed by atoms with E-state index < -0.39 is 15.8 Å². The fraction of sp³-hybridized carbons (Fsp3) is 0.400. The Morgan fingerprint density at radius 3 is 2.57 bits per heavy atom. The minimum Gasteiger partial charge on any atom is -0.338 e. The third-order valence-electron chi connectivity index (χ3n) is 3.70. The second-order valence-corrected chi connectivity index (χ2v) is 7.83. The van der Waals surface area contributed by atoms with Crippen LogP contribution in [0.3, 0.4) is 0 Å². The number of sulfone groups is 1. The summed E-state index contributed by atoms with van der Waals surface area (Å²) in [5, 5.41) is 0.612. The summed E-state index contributed by atoms with van der Waals surface area (Å²) in [6.45, 7) is 4.67. The fourth-order valence-electron chi connectivity index (χ4n) is 2.58. The first kappa shape index (κ1) is 16.2. The highest BCUT2D eigenvalue weighted by Crippen LogP contribution is 2.29. The van der Waals surface area contributed by atoms with Gasteiger partial charge in [0, 0.05) is 18.4 Å². The number of rotatable bonds is 6. The second kappa shape index (κ2) is 6.75. The molecule has 0 unspecified atom stereocenters. The Bertz CT molecular complexity index is 615. The summed E-state index contributed by atoms with van der Waals surface area (Å²) >= 11 is 3.39. The molecule has 4 nitrogen and oxygen atoms in total. The van der Waals surface area contributed by atoms with Crippen LogP contribution in [0.2, 0.25) is 0 Å². The summed E-state index contributed by atoms with van der Waals surface area (Å²) in [5.74, 6) is -0.718. The number of carbonyl (C=O) groups is 1. The lowest BCUT2D eigenvalue weighted by atomic mass is 10.00. The molecule has 2 atom stereocenters. The highest BCUT2D eigenvalue weighted by Gasteiger charge is 2.41. The maximum atomic E-state index is 12.5. The van der Waals surface area contributed by atoms with Crippen molar-refractivity contribution >= 4 is 31.7 Å². The molecule has 1 fully saturated rings. The number of hydrogen-bond donors (Lipinski definition) is 0. The van der Waals surface area contributed by atoms with Crippen molar-refractivity contribution < 1.29 is 13.2 Å². The summed E-state index contributed by atoms with van der Waals surface area (Å²) in [6, 6.07) is 8.29. The number of benzene rings is 1. The van der Waals surface area contributed by atoms with E-state index >= 15 is 0 Å². The van der Waals surface area contributed by atoms with Gasteiger partial charge in [0.25, 0.3) is 0 Å². The van der Waals surface area contributed by atoms with Crippen molar-refractivity contribution in [2.75, 3.05) is 24.2 Å². The van der Waals surface area contributed by atoms with Crippen molar-refractivity contribution in [3.63, 3.8) is 0 Å². The van der Waals surface area contributed by atoms with Gasteiger partial charge < -0.3 is 4.90 Å². The maximum Gasteiger partial charge on any atom is 0.227 e. The van der Waals surface area contributed by atoms with Crippen LogP contribution in [0.15, 0.2) is 47.9 Å². The van der Waals surface area contributed by atoms with Gasteiger partial charge in [0.1, 0.15) is 0 Å². The molecule has 1 aliphatic heterocycles. The average molecular weight is 372 g/mol. The molecule has 1 aromatic rings. The van der Waals surface area contributed by atoms with Crippen LogP contribution in [0, 0.1) is 11.8 Å². The van der Waals surface area contributed by atoms with Crippen LogP contribution in [0.4, 0.5) is 0 Å². The number of likely N-dealkylation sites (tertiary alicyclic amines) is 1. The first-order valence-corrected chi connectivity index (χ1v) is 9.50. The topological polar surface area (TPSA) is 54.5 Å². The van der Waals surface area contributed by atoms with E-state index in [4.69, 9.17) is 0 Å². The van der Waals surface area contributed by atoms with Crippen molar-refractivity contribution in [2.24, 2.45) is 11.8 Å². The fourth-order valence-corrected chi connectivity index (χ4v) is 4.89. The summed E-state index contributed by atoms with van der Waals surface area (Å²) < 4.78 is 24.9. The molecular formula is C15H18BrNO3S. The Balaban J connectivity index is 2.21. The zero-order valence-corrected chi connectivity index (χ0v) is 14.0. The van der Waals surface area contributed by atoms with E-state index in [0.29, 0.717) is 18.4 Å². The Hall–Kier alpha value is -1.14. The van der Waals surface area contributed by atoms with Crippen molar-refractivity contribution in [1.82, 2.24) is 4.90 Å². The lowest BCUT2D eigenvalue weighted by Gasteiger charge is -2.15. The quantitative estimate of drug-likeness (QED) is 0.568. The van der Waals surface area contributed by atoms with E-state index in [1.54, 1.807) is 41.3 Å². The summed E-state index contributed by atoms with van der Waals surface area (Å²) in [5.41, 5.74) is 0. The van der Waals surface area contributed by atoms with E-state index in [0.717, 1.165) is 0 Å². The van der Waals surface area contributed by atoms with Crippen LogP contribution in [0.5, 0.6) is 0 Å². The number of halogens is 1. The molecule has 1 heterocycles. The van der Waals surface area contributed by atoms with Gasteiger partial charge in [0.05, 0.1) is 16.6 Å². The molecule has 0 radical (unpaired) electrons. The monoisotopic (exact) mass is 371 g/mol. The van der Waals surface area contributed by atoms with E-state index in [9.17, 15) is 13.2 Å². The van der Waals surface area contributed by atoms with Gasteiger partial charge in [-0.25, -0.2) is 8.42 Å². The normalized spacial score (nSPS) is 22.5. The van der Waals surface area contributed by atoms with E-state index in [-0.39, 0.29) is 22.5 Å². The molecule has 2 rings (SSSR count). The molecule has 0 bridgehead atoms. The number of amides is 1. The zero-order valence-electron chi connectivity index (χ0n) is 11.6. The lowest BCUT2D eigenvalue weighted by molar-refractivity contribution is -0.130. The summed E-state index contributed by atoms with van der Waals surface area (Å²) in [4.78, 5) is 14.3. The number of carbonyl (C=O) groups excluding carboxylic acids is 1. The van der Waals surface area contributed by atoms with Gasteiger partial charge in [-0.15, -0.1) is 6.58 Å². The van der Waals surface area contributed by atoms with Crippen LogP contribution in [-0.2, 0) is 14.6 Å². The molecule has 0 aromatic heterocycles. The maximum absolute atomic E-state index is 12.5. The first-order chi connectivity index (χ1) is 9.99. The molecule has 0 spiro atoms. The largest absolute Gasteiger partial charge is 0.338 e. The van der Waals surface area contributed by atoms with Crippen molar-refractivity contribution in [3.05, 3.63) is 43.0 Å². The predicted molar refractivity (Wildman–Crippen MR) is 86.0 cm³/mol. The van der Waals surface area contributed by atoms with Crippen LogP contribution in [0.25, 0.3) is 0 Å². The Morgan fingerprint density at radius 2 is 2.00 bits per heavy atom. The van der Waals surface area contributed by atoms with Crippen molar-refractivity contribution in [1.29, 1.82) is 0 Å². The van der Waals surface area contributed by atoms with Crippen LogP contribution in [-0.4, -0.2) is 43.4 Å². The van der Waals surface area contributed by atoms with E-state index in [1.165, 1.54) is 0 Å². The molecule has 6 heteroatoms. The number of nitrogens with zero attached hydrogens (tertiary/aromatic N) is 1. The van der Waals surface area contributed by atoms with Crippen LogP contribution in [0.1, 0.15) is 0 Å². The second-order valence-electron chi connectivity index (χ2n) is 5.15. The molecule has 1 amide bonds. The minimum atomic E-state index is -3.45. The molecule has 21 heavy (non-hydrogen) atoms. The predicted octanol–water partition coefficient (Wildman–Crippen LogP) is 2.12. The lowest BCUT2D eigenvalue weighted by Crippen LogP contribution is -2.30. The third kappa shape index (κ3) is 3.55. The Morgan fingerprint density at radius 1 is 1.33 bits per heavy atom. The Labute approximate surface area is 133 Å². The van der Waals surface area contributed by atoms with Crippen LogP contribution >= 0.6 is 15.9 Å². The standard InChI is InChI=1S/C15H18BrNO3S/c1-2-8-17-10-12(9-16)14(15(17)18)11-21(19,20)13-6-4-3-5-7-13/h2-7,12,14H,1,8-11H2/t12-,14-/m0/s1. The van der Waals surface area contributed by atoms with Gasteiger partial charge in [-0.05, 0) is 18.1 Å².